The number of hydrogen-bond acceptors (Lipinski definition) is 3. The van der Waals surface area contributed by atoms with Crippen molar-refractivity contribution in [3.63, 3.8) is 0 Å². The first-order valence-corrected chi connectivity index (χ1v) is 10.8. The number of cyclic esters (lactones) is 1. The molecule has 1 saturated heterocycles. The average Bonchev–Trinajstić information content (AvgIpc) is 3.08. The second-order valence-corrected chi connectivity index (χ2v) is 9.11. The van der Waals surface area contributed by atoms with E-state index in [-0.39, 0.29) is 5.56 Å². The number of benzene rings is 2. The Kier molecular flexibility index (Phi) is 5.82. The van der Waals surface area contributed by atoms with Crippen molar-refractivity contribution >= 4 is 11.8 Å². The molecule has 1 aliphatic rings. The minimum Gasteiger partial charge on any atom is -0.426 e. The molecule has 1 atom stereocenters. The molecule has 0 saturated carbocycles. The highest BCUT2D eigenvalue weighted by Gasteiger charge is 2.66. The van der Waals surface area contributed by atoms with Crippen LogP contribution in [0.2, 0.25) is 0 Å². The third-order valence-electron chi connectivity index (χ3n) is 7.69. The topological polar surface area (TPSA) is 53.3 Å². The molecule has 0 bridgehead atoms. The third-order valence-corrected chi connectivity index (χ3v) is 7.69. The van der Waals surface area contributed by atoms with Crippen LogP contribution < -0.4 is 4.90 Å². The highest BCUT2D eigenvalue weighted by Crippen LogP contribution is 2.51. The van der Waals surface area contributed by atoms with Gasteiger partial charge in [0.05, 0.1) is 23.9 Å². The minimum absolute atomic E-state index is 0.00356. The van der Waals surface area contributed by atoms with Gasteiger partial charge in [-0.15, -0.1) is 0 Å². The Balaban J connectivity index is 2.34. The van der Waals surface area contributed by atoms with Gasteiger partial charge in [0.2, 0.25) is 0 Å². The lowest BCUT2D eigenvalue weighted by Gasteiger charge is -2.34. The summed E-state index contributed by atoms with van der Waals surface area (Å²) in [4.78, 5) is 14.2. The van der Waals surface area contributed by atoms with E-state index in [1.165, 1.54) is 0 Å². The van der Waals surface area contributed by atoms with Crippen LogP contribution in [0.5, 0.6) is 0 Å². The summed E-state index contributed by atoms with van der Waals surface area (Å²) in [7, 11) is 0. The summed E-state index contributed by atoms with van der Waals surface area (Å²) in [5.41, 5.74) is 3.90. The number of carbonyl (C=O) groups excluding carboxylic acids is 1. The first kappa shape index (κ1) is 24.6. The summed E-state index contributed by atoms with van der Waals surface area (Å²) >= 11 is 0. The van der Waals surface area contributed by atoms with E-state index in [2.05, 4.69) is 6.07 Å². The maximum atomic E-state index is 14.8. The molecule has 1 fully saturated rings. The Bertz CT molecular complexity index is 1180. The summed E-state index contributed by atoms with van der Waals surface area (Å²) in [6.07, 6.45) is -5.88. The van der Waals surface area contributed by atoms with Crippen molar-refractivity contribution in [3.05, 3.63) is 61.2 Å². The number of amides is 1. The van der Waals surface area contributed by atoms with Gasteiger partial charge in [-0.3, -0.25) is 4.90 Å². The Morgan fingerprint density at radius 1 is 0.788 bits per heavy atom. The number of nitrogens with zero attached hydrogens (tertiary/aromatic N) is 2. The second-order valence-electron chi connectivity index (χ2n) is 9.11. The van der Waals surface area contributed by atoms with Crippen molar-refractivity contribution in [2.24, 2.45) is 0 Å². The van der Waals surface area contributed by atoms with Gasteiger partial charge in [-0.2, -0.15) is 18.4 Å². The van der Waals surface area contributed by atoms with E-state index in [4.69, 9.17) is 4.74 Å². The predicted molar refractivity (Wildman–Crippen MR) is 122 cm³/mol. The fourth-order valence-corrected chi connectivity index (χ4v) is 5.08. The van der Waals surface area contributed by atoms with Crippen LogP contribution >= 0.6 is 0 Å². The summed E-state index contributed by atoms with van der Waals surface area (Å²) < 4.78 is 49.8. The van der Waals surface area contributed by atoms with Gasteiger partial charge >= 0.3 is 12.3 Å². The fourth-order valence-electron chi connectivity index (χ4n) is 5.08. The van der Waals surface area contributed by atoms with Gasteiger partial charge < -0.3 is 4.74 Å². The van der Waals surface area contributed by atoms with Crippen LogP contribution in [0, 0.1) is 73.6 Å². The SMILES string of the molecule is Cc1c(C)c(C)c(C2(C(F)(F)F)CN(c3c(C)c(C)c(C#N)c(C)c3C)C(=O)O2)c(C)c1C. The number of hydrogen-bond donors (Lipinski definition) is 0. The quantitative estimate of drug-likeness (QED) is 0.500. The molecule has 1 aliphatic heterocycles. The van der Waals surface area contributed by atoms with E-state index in [0.717, 1.165) is 21.6 Å². The molecular weight excluding hydrogens is 429 g/mol. The van der Waals surface area contributed by atoms with Crippen molar-refractivity contribution in [1.29, 1.82) is 5.26 Å². The molecule has 2 aromatic carbocycles. The van der Waals surface area contributed by atoms with Crippen molar-refractivity contribution in [3.8, 4) is 6.07 Å². The molecule has 0 aliphatic carbocycles. The van der Waals surface area contributed by atoms with Crippen molar-refractivity contribution < 1.29 is 22.7 Å². The Hall–Kier alpha value is -3.01. The molecule has 0 radical (unpaired) electrons. The Morgan fingerprint density at radius 3 is 1.61 bits per heavy atom. The normalized spacial score (nSPS) is 18.5. The van der Waals surface area contributed by atoms with Crippen LogP contribution in [0.15, 0.2) is 0 Å². The maximum absolute atomic E-state index is 14.8. The molecule has 176 valence electrons. The van der Waals surface area contributed by atoms with Gasteiger partial charge in [0.25, 0.3) is 5.60 Å². The number of halogens is 3. The van der Waals surface area contributed by atoms with E-state index in [9.17, 15) is 23.2 Å². The zero-order valence-electron chi connectivity index (χ0n) is 20.6. The molecule has 33 heavy (non-hydrogen) atoms. The Morgan fingerprint density at radius 2 is 1.21 bits per heavy atom. The Labute approximate surface area is 193 Å². The number of anilines is 1. The van der Waals surface area contributed by atoms with Crippen molar-refractivity contribution in [2.45, 2.75) is 74.1 Å². The molecule has 1 heterocycles. The van der Waals surface area contributed by atoms with Gasteiger partial charge in [0.15, 0.2) is 0 Å². The number of rotatable bonds is 2. The smallest absolute Gasteiger partial charge is 0.426 e. The van der Waals surface area contributed by atoms with Gasteiger partial charge in [-0.1, -0.05) is 0 Å². The largest absolute Gasteiger partial charge is 0.434 e. The van der Waals surface area contributed by atoms with Crippen LogP contribution in [-0.2, 0) is 10.3 Å². The number of nitriles is 1. The lowest BCUT2D eigenvalue weighted by atomic mass is 9.80. The number of alkyl halides is 3. The molecule has 2 aromatic rings. The van der Waals surface area contributed by atoms with Crippen molar-refractivity contribution in [2.75, 3.05) is 11.4 Å². The zero-order valence-corrected chi connectivity index (χ0v) is 20.6. The predicted octanol–water partition coefficient (Wildman–Crippen LogP) is 6.75. The van der Waals surface area contributed by atoms with E-state index in [1.54, 1.807) is 55.4 Å². The monoisotopic (exact) mass is 458 g/mol. The minimum atomic E-state index is -4.83. The van der Waals surface area contributed by atoms with E-state index >= 15 is 0 Å². The molecule has 3 rings (SSSR count). The average molecular weight is 459 g/mol. The first-order valence-electron chi connectivity index (χ1n) is 10.8. The van der Waals surface area contributed by atoms with Crippen LogP contribution in [0.1, 0.15) is 61.2 Å². The molecule has 1 amide bonds. The lowest BCUT2D eigenvalue weighted by Crippen LogP contribution is -2.47. The molecule has 1 unspecified atom stereocenters. The summed E-state index contributed by atoms with van der Waals surface area (Å²) in [5.74, 6) is 0. The molecule has 0 N–H and O–H groups in total. The van der Waals surface area contributed by atoms with E-state index < -0.39 is 24.4 Å². The summed E-state index contributed by atoms with van der Waals surface area (Å²) in [6, 6.07) is 2.16. The zero-order chi connectivity index (χ0) is 25.2. The standard InChI is InChI=1S/C26H29F3N2O2/c1-12-13(2)17(6)22(18(7)14(12)3)25(26(27,28)29)11-31(24(32)33-25)23-19(8)15(4)21(10-30)16(5)20(23)9/h11H2,1-9H3. The van der Waals surface area contributed by atoms with Crippen LogP contribution in [0.3, 0.4) is 0 Å². The highest BCUT2D eigenvalue weighted by molar-refractivity contribution is 5.93. The second kappa shape index (κ2) is 7.79. The number of ether oxygens (including phenoxy) is 1. The maximum Gasteiger partial charge on any atom is 0.434 e. The lowest BCUT2D eigenvalue weighted by molar-refractivity contribution is -0.250. The van der Waals surface area contributed by atoms with Crippen molar-refractivity contribution in [1.82, 2.24) is 0 Å². The fraction of sp³-hybridized carbons (Fsp3) is 0.462. The first-order chi connectivity index (χ1) is 15.1. The molecule has 4 nitrogen and oxygen atoms in total. The van der Waals surface area contributed by atoms with Gasteiger partial charge in [0, 0.05) is 5.56 Å². The van der Waals surface area contributed by atoms with Gasteiger partial charge in [0.1, 0.15) is 0 Å². The van der Waals surface area contributed by atoms with Gasteiger partial charge in [-0.25, -0.2) is 4.79 Å². The molecule has 0 spiro atoms. The number of carbonyl (C=O) groups is 1. The summed E-state index contributed by atoms with van der Waals surface area (Å²) in [6.45, 7) is 15.0. The molecule has 7 heteroatoms. The summed E-state index contributed by atoms with van der Waals surface area (Å²) in [5, 5.41) is 9.53. The van der Waals surface area contributed by atoms with E-state index in [1.807, 2.05) is 6.92 Å². The molecular formula is C26H29F3N2O2. The van der Waals surface area contributed by atoms with E-state index in [0.29, 0.717) is 44.6 Å². The van der Waals surface area contributed by atoms with Gasteiger partial charge in [-0.05, 0) is 112 Å². The van der Waals surface area contributed by atoms with Crippen LogP contribution in [0.4, 0.5) is 23.7 Å². The third kappa shape index (κ3) is 3.30. The molecule has 0 aromatic heterocycles. The highest BCUT2D eigenvalue weighted by atomic mass is 19.4. The van der Waals surface area contributed by atoms with Crippen LogP contribution in [-0.4, -0.2) is 18.8 Å². The van der Waals surface area contributed by atoms with Crippen LogP contribution in [0.25, 0.3) is 0 Å².